The van der Waals surface area contributed by atoms with E-state index in [1.165, 1.54) is 57.8 Å². The molecule has 0 saturated heterocycles. The Kier molecular flexibility index (Phi) is 5.57. The Morgan fingerprint density at radius 1 is 0.824 bits per heavy atom. The molecule has 3 saturated carbocycles. The van der Waals surface area contributed by atoms with Gasteiger partial charge in [0.25, 0.3) is 0 Å². The third-order valence-electron chi connectivity index (χ3n) is 13.4. The van der Waals surface area contributed by atoms with Crippen LogP contribution in [-0.2, 0) is 9.53 Å². The van der Waals surface area contributed by atoms with E-state index >= 15 is 0 Å². The van der Waals surface area contributed by atoms with Gasteiger partial charge in [0, 0.05) is 12.3 Å². The third kappa shape index (κ3) is 3.01. The van der Waals surface area contributed by atoms with E-state index in [9.17, 15) is 4.79 Å². The molecule has 5 aliphatic rings. The largest absolute Gasteiger partial charge is 0.462 e. The second kappa shape index (κ2) is 7.61. The molecular weight excluding hydrogens is 416 g/mol. The SMILES string of the molecule is CC(=O)O[C@H]1CC[C@]2(C)C3=C(CC[C@H]2C1(C)C)[C@@]1(C)CC[C@]2(C)[C@@H](C(C)C)CC[C@H]2[C@]1(C)CC3. The lowest BCUT2D eigenvalue weighted by atomic mass is 9.37. The van der Waals surface area contributed by atoms with Gasteiger partial charge in [-0.05, 0) is 110 Å². The van der Waals surface area contributed by atoms with Gasteiger partial charge < -0.3 is 4.74 Å². The lowest BCUT2D eigenvalue weighted by molar-refractivity contribution is -0.168. The minimum Gasteiger partial charge on any atom is -0.462 e. The van der Waals surface area contributed by atoms with Crippen molar-refractivity contribution in [3.05, 3.63) is 11.1 Å². The molecule has 0 N–H and O–H groups in total. The molecule has 0 amide bonds. The van der Waals surface area contributed by atoms with E-state index in [0.717, 1.165) is 24.2 Å². The smallest absolute Gasteiger partial charge is 0.302 e. The summed E-state index contributed by atoms with van der Waals surface area (Å²) in [6.45, 7) is 22.0. The zero-order chi connectivity index (χ0) is 24.9. The van der Waals surface area contributed by atoms with Crippen LogP contribution in [0.1, 0.15) is 127 Å². The second-order valence-corrected chi connectivity index (χ2v) is 15.2. The molecule has 0 aliphatic heterocycles. The van der Waals surface area contributed by atoms with Gasteiger partial charge in [0.1, 0.15) is 6.10 Å². The van der Waals surface area contributed by atoms with Gasteiger partial charge in [0.15, 0.2) is 0 Å². The van der Waals surface area contributed by atoms with Crippen molar-refractivity contribution in [2.24, 2.45) is 50.7 Å². The molecule has 192 valence electrons. The molecule has 0 unspecified atom stereocenters. The number of carbonyl (C=O) groups excluding carboxylic acids is 1. The summed E-state index contributed by atoms with van der Waals surface area (Å²) in [7, 11) is 0. The molecule has 0 aromatic rings. The van der Waals surface area contributed by atoms with Gasteiger partial charge in [-0.15, -0.1) is 0 Å². The molecule has 5 aliphatic carbocycles. The number of rotatable bonds is 2. The van der Waals surface area contributed by atoms with Gasteiger partial charge in [-0.25, -0.2) is 0 Å². The topological polar surface area (TPSA) is 26.3 Å². The first-order valence-corrected chi connectivity index (χ1v) is 14.6. The number of hydrogen-bond acceptors (Lipinski definition) is 2. The highest BCUT2D eigenvalue weighted by molar-refractivity contribution is 5.66. The molecule has 3 fully saturated rings. The number of fused-ring (bicyclic) bond motifs is 6. The predicted octanol–water partition coefficient (Wildman–Crippen LogP) is 8.74. The van der Waals surface area contributed by atoms with Crippen LogP contribution in [0.15, 0.2) is 11.1 Å². The normalized spacial score (nSPS) is 49.7. The molecule has 0 spiro atoms. The van der Waals surface area contributed by atoms with E-state index in [2.05, 4.69) is 55.4 Å². The van der Waals surface area contributed by atoms with Gasteiger partial charge in [-0.1, -0.05) is 66.5 Å². The number of hydrogen-bond donors (Lipinski definition) is 0. The van der Waals surface area contributed by atoms with Crippen LogP contribution in [-0.4, -0.2) is 12.1 Å². The van der Waals surface area contributed by atoms with E-state index in [1.807, 2.05) is 11.1 Å². The minimum atomic E-state index is -0.111. The highest BCUT2D eigenvalue weighted by atomic mass is 16.5. The lowest BCUT2D eigenvalue weighted by Gasteiger charge is -2.67. The van der Waals surface area contributed by atoms with Crippen molar-refractivity contribution in [2.75, 3.05) is 0 Å². The standard InChI is InChI=1S/C32H52O2/c1-20(2)22-10-13-26-30(22,7)18-19-31(8)24-11-12-25-28(4,5)27(34-21(3)33)15-16-29(25,6)23(24)14-17-32(26,31)9/h20,22,25-27H,10-19H2,1-9H3/t22-,25+,26-,27+,29-,30-,31-,32+/m1/s1. The third-order valence-corrected chi connectivity index (χ3v) is 13.4. The van der Waals surface area contributed by atoms with Crippen molar-refractivity contribution < 1.29 is 9.53 Å². The Bertz CT molecular complexity index is 897. The quantitative estimate of drug-likeness (QED) is 0.299. The molecular formula is C32H52O2. The van der Waals surface area contributed by atoms with Crippen molar-refractivity contribution in [2.45, 2.75) is 133 Å². The maximum Gasteiger partial charge on any atom is 0.302 e. The highest BCUT2D eigenvalue weighted by Crippen LogP contribution is 2.75. The highest BCUT2D eigenvalue weighted by Gasteiger charge is 2.67. The zero-order valence-electron chi connectivity index (χ0n) is 23.8. The maximum absolute atomic E-state index is 11.9. The summed E-state index contributed by atoms with van der Waals surface area (Å²) >= 11 is 0. The second-order valence-electron chi connectivity index (χ2n) is 15.2. The van der Waals surface area contributed by atoms with Crippen LogP contribution in [0.25, 0.3) is 0 Å². The van der Waals surface area contributed by atoms with Crippen molar-refractivity contribution in [1.29, 1.82) is 0 Å². The van der Waals surface area contributed by atoms with Gasteiger partial charge in [-0.3, -0.25) is 4.79 Å². The Morgan fingerprint density at radius 2 is 1.53 bits per heavy atom. The summed E-state index contributed by atoms with van der Waals surface area (Å²) in [4.78, 5) is 11.9. The van der Waals surface area contributed by atoms with Crippen molar-refractivity contribution in [3.63, 3.8) is 0 Å². The monoisotopic (exact) mass is 468 g/mol. The summed E-state index contributed by atoms with van der Waals surface area (Å²) in [6, 6.07) is 0. The van der Waals surface area contributed by atoms with Gasteiger partial charge in [-0.2, -0.15) is 0 Å². The van der Waals surface area contributed by atoms with E-state index in [1.54, 1.807) is 6.92 Å². The van der Waals surface area contributed by atoms with Crippen LogP contribution in [0.2, 0.25) is 0 Å². The summed E-state index contributed by atoms with van der Waals surface area (Å²) in [5.74, 6) is 3.09. The number of carbonyl (C=O) groups is 1. The fourth-order valence-corrected chi connectivity index (χ4v) is 11.6. The first-order chi connectivity index (χ1) is 15.7. The van der Waals surface area contributed by atoms with E-state index in [4.69, 9.17) is 4.74 Å². The minimum absolute atomic E-state index is 0.0416. The first-order valence-electron chi connectivity index (χ1n) is 14.6. The molecule has 0 bridgehead atoms. The molecule has 2 heteroatoms. The Labute approximate surface area is 210 Å². The first kappa shape index (κ1) is 24.9. The van der Waals surface area contributed by atoms with Crippen LogP contribution in [0.3, 0.4) is 0 Å². The Morgan fingerprint density at radius 3 is 2.18 bits per heavy atom. The molecule has 8 atom stereocenters. The van der Waals surface area contributed by atoms with Crippen LogP contribution in [0.4, 0.5) is 0 Å². The Balaban J connectivity index is 1.53. The Hall–Kier alpha value is -0.790. The number of allylic oxidation sites excluding steroid dienone is 2. The molecule has 0 heterocycles. The van der Waals surface area contributed by atoms with E-state index in [-0.39, 0.29) is 22.9 Å². The number of ether oxygens (including phenoxy) is 1. The molecule has 2 nitrogen and oxygen atoms in total. The van der Waals surface area contributed by atoms with Crippen LogP contribution < -0.4 is 0 Å². The van der Waals surface area contributed by atoms with Crippen LogP contribution in [0, 0.1) is 50.7 Å². The molecule has 5 rings (SSSR count). The van der Waals surface area contributed by atoms with Crippen LogP contribution >= 0.6 is 0 Å². The summed E-state index contributed by atoms with van der Waals surface area (Å²) < 4.78 is 5.89. The van der Waals surface area contributed by atoms with Crippen molar-refractivity contribution in [3.8, 4) is 0 Å². The summed E-state index contributed by atoms with van der Waals surface area (Å²) in [5, 5.41) is 0. The molecule has 0 aromatic carbocycles. The number of esters is 1. The van der Waals surface area contributed by atoms with Gasteiger partial charge >= 0.3 is 5.97 Å². The fourth-order valence-electron chi connectivity index (χ4n) is 11.6. The molecule has 0 radical (unpaired) electrons. The molecule has 0 aromatic heterocycles. The summed E-state index contributed by atoms with van der Waals surface area (Å²) in [6.07, 6.45) is 13.2. The summed E-state index contributed by atoms with van der Waals surface area (Å²) in [5.41, 5.74) is 5.38. The predicted molar refractivity (Wildman–Crippen MR) is 140 cm³/mol. The van der Waals surface area contributed by atoms with Gasteiger partial charge in [0.2, 0.25) is 0 Å². The lowest BCUT2D eigenvalue weighted by Crippen LogP contribution is -2.59. The van der Waals surface area contributed by atoms with E-state index in [0.29, 0.717) is 22.2 Å². The van der Waals surface area contributed by atoms with Gasteiger partial charge in [0.05, 0.1) is 0 Å². The van der Waals surface area contributed by atoms with Crippen LogP contribution in [0.5, 0.6) is 0 Å². The average molecular weight is 469 g/mol. The van der Waals surface area contributed by atoms with Crippen molar-refractivity contribution in [1.82, 2.24) is 0 Å². The maximum atomic E-state index is 11.9. The molecule has 34 heavy (non-hydrogen) atoms. The van der Waals surface area contributed by atoms with E-state index < -0.39 is 0 Å². The van der Waals surface area contributed by atoms with Crippen molar-refractivity contribution >= 4 is 5.97 Å². The zero-order valence-corrected chi connectivity index (χ0v) is 23.8. The fraction of sp³-hybridized carbons (Fsp3) is 0.906. The average Bonchev–Trinajstić information content (AvgIpc) is 3.10.